The van der Waals surface area contributed by atoms with Crippen molar-refractivity contribution in [3.8, 4) is 0 Å². The Morgan fingerprint density at radius 2 is 2.04 bits per heavy atom. The summed E-state index contributed by atoms with van der Waals surface area (Å²) in [6.07, 6.45) is 0.405. The van der Waals surface area contributed by atoms with Crippen LogP contribution in [0.4, 0.5) is 0 Å². The van der Waals surface area contributed by atoms with Crippen molar-refractivity contribution in [2.45, 2.75) is 59.5 Å². The molecule has 0 saturated carbocycles. The zero-order valence-corrected chi connectivity index (χ0v) is 14.8. The van der Waals surface area contributed by atoms with Gasteiger partial charge in [-0.25, -0.2) is 4.99 Å². The number of hydrogen-bond acceptors (Lipinski definition) is 4. The zero-order chi connectivity index (χ0) is 17.2. The average molecular weight is 323 g/mol. The molecule has 0 spiro atoms. The number of carbonyl (C=O) groups is 1. The lowest BCUT2D eigenvalue weighted by Crippen LogP contribution is -2.40. The molecule has 0 atom stereocenters. The second-order valence-electron chi connectivity index (χ2n) is 5.97. The molecule has 0 unspecified atom stereocenters. The smallest absolute Gasteiger partial charge is 0.221 e. The van der Waals surface area contributed by atoms with Crippen molar-refractivity contribution in [3.05, 3.63) is 17.5 Å². The summed E-state index contributed by atoms with van der Waals surface area (Å²) in [6.45, 7) is 11.7. The van der Waals surface area contributed by atoms with Gasteiger partial charge in [0.2, 0.25) is 5.91 Å². The molecule has 0 fully saturated rings. The average Bonchev–Trinajstić information content (AvgIpc) is 2.93. The van der Waals surface area contributed by atoms with Crippen molar-refractivity contribution in [1.82, 2.24) is 21.1 Å². The van der Waals surface area contributed by atoms with Crippen LogP contribution in [-0.4, -0.2) is 36.2 Å². The molecule has 1 aromatic heterocycles. The van der Waals surface area contributed by atoms with E-state index in [1.165, 1.54) is 0 Å². The van der Waals surface area contributed by atoms with Crippen molar-refractivity contribution in [2.75, 3.05) is 13.1 Å². The number of aliphatic imine (C=N–C) groups is 1. The van der Waals surface area contributed by atoms with Crippen LogP contribution in [-0.2, 0) is 11.3 Å². The van der Waals surface area contributed by atoms with Gasteiger partial charge in [-0.05, 0) is 26.7 Å². The van der Waals surface area contributed by atoms with Gasteiger partial charge >= 0.3 is 0 Å². The largest absolute Gasteiger partial charge is 0.359 e. The highest BCUT2D eigenvalue weighted by molar-refractivity contribution is 5.81. The predicted molar refractivity (Wildman–Crippen MR) is 91.3 cm³/mol. The molecule has 7 nitrogen and oxygen atoms in total. The summed E-state index contributed by atoms with van der Waals surface area (Å²) in [4.78, 5) is 16.0. The number of guanidine groups is 1. The number of carbonyl (C=O) groups excluding carboxylic acids is 1. The predicted octanol–water partition coefficient (Wildman–Crippen LogP) is 1.77. The van der Waals surface area contributed by atoms with E-state index in [1.807, 2.05) is 26.8 Å². The lowest BCUT2D eigenvalue weighted by Gasteiger charge is -2.12. The number of rotatable bonds is 8. The van der Waals surface area contributed by atoms with E-state index >= 15 is 0 Å². The van der Waals surface area contributed by atoms with Crippen LogP contribution in [0.1, 0.15) is 58.4 Å². The van der Waals surface area contributed by atoms with Crippen molar-refractivity contribution in [3.63, 3.8) is 0 Å². The van der Waals surface area contributed by atoms with E-state index in [9.17, 15) is 4.79 Å². The van der Waals surface area contributed by atoms with E-state index < -0.39 is 0 Å². The van der Waals surface area contributed by atoms with Gasteiger partial charge in [0.05, 0.1) is 5.69 Å². The highest BCUT2D eigenvalue weighted by Gasteiger charge is 2.08. The lowest BCUT2D eigenvalue weighted by molar-refractivity contribution is -0.121. The molecular formula is C16H29N5O2. The van der Waals surface area contributed by atoms with Gasteiger partial charge in [0.1, 0.15) is 6.54 Å². The Kier molecular flexibility index (Phi) is 8.15. The molecule has 3 N–H and O–H groups in total. The van der Waals surface area contributed by atoms with E-state index in [1.54, 1.807) is 0 Å². The van der Waals surface area contributed by atoms with Gasteiger partial charge in [0, 0.05) is 31.6 Å². The first kappa shape index (κ1) is 19.0. The van der Waals surface area contributed by atoms with Crippen molar-refractivity contribution >= 4 is 11.9 Å². The Morgan fingerprint density at radius 1 is 1.30 bits per heavy atom. The van der Waals surface area contributed by atoms with Crippen molar-refractivity contribution in [2.24, 2.45) is 4.99 Å². The normalized spacial score (nSPS) is 11.9. The Balaban J connectivity index is 2.47. The summed E-state index contributed by atoms with van der Waals surface area (Å²) >= 11 is 0. The number of aromatic nitrogens is 1. The molecule has 0 aliphatic heterocycles. The maximum Gasteiger partial charge on any atom is 0.221 e. The van der Waals surface area contributed by atoms with Gasteiger partial charge in [0.25, 0.3) is 0 Å². The molecule has 23 heavy (non-hydrogen) atoms. The van der Waals surface area contributed by atoms with Crippen molar-refractivity contribution < 1.29 is 9.32 Å². The van der Waals surface area contributed by atoms with Gasteiger partial charge in [0.15, 0.2) is 11.7 Å². The van der Waals surface area contributed by atoms with Crippen LogP contribution in [0.15, 0.2) is 15.6 Å². The summed E-state index contributed by atoms with van der Waals surface area (Å²) in [6, 6.07) is 2.08. The minimum absolute atomic E-state index is 0.0279. The molecule has 0 aliphatic rings. The third-order valence-corrected chi connectivity index (χ3v) is 3.00. The molecule has 0 aromatic carbocycles. The molecule has 1 amide bonds. The van der Waals surface area contributed by atoms with Crippen LogP contribution < -0.4 is 16.0 Å². The zero-order valence-electron chi connectivity index (χ0n) is 14.8. The van der Waals surface area contributed by atoms with Crippen LogP contribution in [0.25, 0.3) is 0 Å². The third kappa shape index (κ3) is 7.67. The molecule has 1 aromatic rings. The van der Waals surface area contributed by atoms with Gasteiger partial charge < -0.3 is 20.5 Å². The second-order valence-corrected chi connectivity index (χ2v) is 5.97. The van der Waals surface area contributed by atoms with E-state index in [2.05, 4.69) is 39.9 Å². The highest BCUT2D eigenvalue weighted by Crippen LogP contribution is 2.14. The molecule has 1 heterocycles. The molecule has 7 heteroatoms. The van der Waals surface area contributed by atoms with Gasteiger partial charge in [-0.15, -0.1) is 0 Å². The SMILES string of the molecule is CCNC(=NCc1cc(C(C)C)no1)NCCC(=O)NC(C)C. The van der Waals surface area contributed by atoms with Crippen LogP contribution in [0.5, 0.6) is 0 Å². The van der Waals surface area contributed by atoms with Crippen LogP contribution in [0, 0.1) is 0 Å². The molecule has 0 radical (unpaired) electrons. The van der Waals surface area contributed by atoms with E-state index in [4.69, 9.17) is 4.52 Å². The standard InChI is InChI=1S/C16H29N5O2/c1-6-17-16(18-8-7-15(22)20-12(4)5)19-10-13-9-14(11(2)3)21-23-13/h9,11-12H,6-8,10H2,1-5H3,(H,20,22)(H2,17,18,19). The van der Waals surface area contributed by atoms with Crippen molar-refractivity contribution in [1.29, 1.82) is 0 Å². The first-order chi connectivity index (χ1) is 10.9. The maximum atomic E-state index is 11.6. The summed E-state index contributed by atoms with van der Waals surface area (Å²) < 4.78 is 5.26. The molecule has 130 valence electrons. The van der Waals surface area contributed by atoms with E-state index in [0.29, 0.717) is 31.4 Å². The summed E-state index contributed by atoms with van der Waals surface area (Å²) in [7, 11) is 0. The van der Waals surface area contributed by atoms with Gasteiger partial charge in [-0.3, -0.25) is 4.79 Å². The summed E-state index contributed by atoms with van der Waals surface area (Å²) in [5, 5.41) is 13.2. The molecule has 0 saturated heterocycles. The first-order valence-corrected chi connectivity index (χ1v) is 8.19. The second kappa shape index (κ2) is 9.86. The minimum atomic E-state index is 0.0279. The first-order valence-electron chi connectivity index (χ1n) is 8.19. The maximum absolute atomic E-state index is 11.6. The number of nitrogens with zero attached hydrogens (tertiary/aromatic N) is 2. The lowest BCUT2D eigenvalue weighted by atomic mass is 10.1. The molecular weight excluding hydrogens is 294 g/mol. The van der Waals surface area contributed by atoms with Crippen LogP contribution in [0.2, 0.25) is 0 Å². The Labute approximate surface area is 138 Å². The Bertz CT molecular complexity index is 508. The fourth-order valence-electron chi connectivity index (χ4n) is 1.86. The monoisotopic (exact) mass is 323 g/mol. The Hall–Kier alpha value is -2.05. The minimum Gasteiger partial charge on any atom is -0.359 e. The van der Waals surface area contributed by atoms with E-state index in [-0.39, 0.29) is 11.9 Å². The quantitative estimate of drug-likeness (QED) is 0.501. The fourth-order valence-corrected chi connectivity index (χ4v) is 1.86. The van der Waals surface area contributed by atoms with E-state index in [0.717, 1.165) is 18.0 Å². The number of nitrogens with one attached hydrogen (secondary N) is 3. The fraction of sp³-hybridized carbons (Fsp3) is 0.688. The van der Waals surface area contributed by atoms with Gasteiger partial charge in [-0.1, -0.05) is 19.0 Å². The number of amides is 1. The number of hydrogen-bond donors (Lipinski definition) is 3. The Morgan fingerprint density at radius 3 is 2.61 bits per heavy atom. The van der Waals surface area contributed by atoms with Crippen LogP contribution >= 0.6 is 0 Å². The highest BCUT2D eigenvalue weighted by atomic mass is 16.5. The topological polar surface area (TPSA) is 91.6 Å². The third-order valence-electron chi connectivity index (χ3n) is 3.00. The summed E-state index contributed by atoms with van der Waals surface area (Å²) in [5.41, 5.74) is 0.929. The summed E-state index contributed by atoms with van der Waals surface area (Å²) in [5.74, 6) is 1.75. The molecule has 1 rings (SSSR count). The molecule has 0 aliphatic carbocycles. The molecule has 0 bridgehead atoms. The van der Waals surface area contributed by atoms with Gasteiger partial charge in [-0.2, -0.15) is 0 Å². The van der Waals surface area contributed by atoms with Crippen LogP contribution in [0.3, 0.4) is 0 Å².